The molecule has 0 aromatic heterocycles. The Bertz CT molecular complexity index is 898. The van der Waals surface area contributed by atoms with Crippen molar-refractivity contribution in [2.45, 2.75) is 0 Å². The lowest BCUT2D eigenvalue weighted by atomic mass is 10.1. The van der Waals surface area contributed by atoms with E-state index < -0.39 is 42.8 Å². The lowest BCUT2D eigenvalue weighted by Crippen LogP contribution is -2.13. The maximum absolute atomic E-state index is 12.1. The average Bonchev–Trinajstić information content (AvgIpc) is 2.55. The molecule has 0 saturated heterocycles. The van der Waals surface area contributed by atoms with E-state index in [9.17, 15) is 35.1 Å². The Labute approximate surface area is 143 Å². The highest BCUT2D eigenvalue weighted by Gasteiger charge is 2.25. The first-order valence-corrected chi connectivity index (χ1v) is 6.76. The number of hydrogen-bond acceptors (Lipinski definition) is 7. The van der Waals surface area contributed by atoms with E-state index >= 15 is 0 Å². The van der Waals surface area contributed by atoms with Crippen molar-refractivity contribution >= 4 is 40.3 Å². The fourth-order valence-corrected chi connectivity index (χ4v) is 2.13. The molecule has 0 aliphatic heterocycles. The summed E-state index contributed by atoms with van der Waals surface area (Å²) in [6.07, 6.45) is 0. The van der Waals surface area contributed by atoms with Crippen molar-refractivity contribution in [1.82, 2.24) is 0 Å². The van der Waals surface area contributed by atoms with Crippen LogP contribution in [0.1, 0.15) is 10.4 Å². The Morgan fingerprint density at radius 2 is 1.44 bits per heavy atom. The van der Waals surface area contributed by atoms with Crippen LogP contribution in [0, 0.1) is 30.3 Å². The number of carbonyl (C=O) groups is 1. The minimum atomic E-state index is -0.926. The van der Waals surface area contributed by atoms with Crippen molar-refractivity contribution in [3.63, 3.8) is 0 Å². The van der Waals surface area contributed by atoms with Gasteiger partial charge in [0, 0.05) is 23.8 Å². The molecule has 12 heteroatoms. The number of nitro benzene ring substituents is 3. The van der Waals surface area contributed by atoms with Crippen LogP contribution in [0.2, 0.25) is 5.02 Å². The van der Waals surface area contributed by atoms with Gasteiger partial charge in [-0.25, -0.2) is 0 Å². The van der Waals surface area contributed by atoms with Gasteiger partial charge in [-0.3, -0.25) is 35.1 Å². The summed E-state index contributed by atoms with van der Waals surface area (Å²) in [4.78, 5) is 42.1. The number of nitrogens with one attached hydrogen (secondary N) is 1. The molecule has 0 radical (unpaired) electrons. The average molecular weight is 367 g/mol. The highest BCUT2D eigenvalue weighted by Crippen LogP contribution is 2.36. The van der Waals surface area contributed by atoms with Crippen molar-refractivity contribution in [3.05, 3.63) is 77.3 Å². The zero-order valence-electron chi connectivity index (χ0n) is 12.0. The van der Waals surface area contributed by atoms with Crippen LogP contribution >= 0.6 is 11.6 Å². The Morgan fingerprint density at radius 3 is 1.92 bits per heavy atom. The minimum absolute atomic E-state index is 0.0192. The highest BCUT2D eigenvalue weighted by atomic mass is 35.5. The molecule has 2 rings (SSSR count). The van der Waals surface area contributed by atoms with Crippen molar-refractivity contribution in [3.8, 4) is 0 Å². The minimum Gasteiger partial charge on any atom is -0.315 e. The van der Waals surface area contributed by atoms with Gasteiger partial charge in [0.2, 0.25) is 0 Å². The van der Waals surface area contributed by atoms with Crippen molar-refractivity contribution < 1.29 is 19.6 Å². The van der Waals surface area contributed by atoms with E-state index in [0.717, 1.165) is 30.3 Å². The Morgan fingerprint density at radius 1 is 0.880 bits per heavy atom. The van der Waals surface area contributed by atoms with E-state index in [1.54, 1.807) is 0 Å². The zero-order valence-corrected chi connectivity index (χ0v) is 12.8. The maximum Gasteiger partial charge on any atom is 0.301 e. The van der Waals surface area contributed by atoms with Crippen LogP contribution in [0.3, 0.4) is 0 Å². The van der Waals surface area contributed by atoms with Crippen LogP contribution in [0.4, 0.5) is 22.7 Å². The summed E-state index contributed by atoms with van der Waals surface area (Å²) in [5, 5.41) is 34.2. The lowest BCUT2D eigenvalue weighted by molar-refractivity contribution is -0.393. The molecule has 2 aromatic rings. The smallest absolute Gasteiger partial charge is 0.301 e. The summed E-state index contributed by atoms with van der Waals surface area (Å²) in [5.41, 5.74) is -2.04. The molecule has 0 fully saturated rings. The Kier molecular flexibility index (Phi) is 4.89. The number of nitrogens with zero attached hydrogens (tertiary/aromatic N) is 3. The molecule has 2 aromatic carbocycles. The number of halogens is 1. The number of nitro groups is 3. The third-order valence-electron chi connectivity index (χ3n) is 3.04. The van der Waals surface area contributed by atoms with Crippen LogP contribution in [0.25, 0.3) is 0 Å². The quantitative estimate of drug-likeness (QED) is 0.627. The summed E-state index contributed by atoms with van der Waals surface area (Å²) >= 11 is 5.81. The van der Waals surface area contributed by atoms with E-state index in [2.05, 4.69) is 5.32 Å². The summed E-state index contributed by atoms with van der Waals surface area (Å²) in [7, 11) is 0. The predicted molar refractivity (Wildman–Crippen MR) is 85.8 cm³/mol. The first-order chi connectivity index (χ1) is 11.7. The van der Waals surface area contributed by atoms with Gasteiger partial charge in [-0.1, -0.05) is 11.6 Å². The topological polar surface area (TPSA) is 159 Å². The molecule has 1 N–H and O–H groups in total. The van der Waals surface area contributed by atoms with Gasteiger partial charge in [0.1, 0.15) is 5.69 Å². The van der Waals surface area contributed by atoms with E-state index in [1.165, 1.54) is 0 Å². The third kappa shape index (κ3) is 3.84. The maximum atomic E-state index is 12.1. The molecule has 0 atom stereocenters. The number of non-ortho nitro benzene ring substituents is 2. The number of rotatable bonds is 5. The van der Waals surface area contributed by atoms with E-state index in [0.29, 0.717) is 6.07 Å². The standard InChI is InChI=1S/C13H7ClN4O7/c14-10-5-9(17(22)23)6-11(18(24)25)12(10)15-13(19)7-1-3-8(4-2-7)16(20)21/h1-6H,(H,15,19). The summed E-state index contributed by atoms with van der Waals surface area (Å²) in [5.74, 6) is -0.825. The van der Waals surface area contributed by atoms with Crippen LogP contribution in [-0.2, 0) is 0 Å². The molecule has 0 heterocycles. The van der Waals surface area contributed by atoms with Gasteiger partial charge in [-0.15, -0.1) is 0 Å². The number of anilines is 1. The summed E-state index contributed by atoms with van der Waals surface area (Å²) in [6, 6.07) is 6.00. The van der Waals surface area contributed by atoms with Gasteiger partial charge in [0.15, 0.2) is 0 Å². The lowest BCUT2D eigenvalue weighted by Gasteiger charge is -2.08. The van der Waals surface area contributed by atoms with Crippen LogP contribution in [0.5, 0.6) is 0 Å². The van der Waals surface area contributed by atoms with E-state index in [-0.39, 0.29) is 11.3 Å². The number of amides is 1. The van der Waals surface area contributed by atoms with Crippen LogP contribution in [-0.4, -0.2) is 20.7 Å². The van der Waals surface area contributed by atoms with Crippen LogP contribution < -0.4 is 5.32 Å². The molecular weight excluding hydrogens is 360 g/mol. The van der Waals surface area contributed by atoms with Gasteiger partial charge >= 0.3 is 5.69 Å². The molecule has 0 aliphatic rings. The second kappa shape index (κ2) is 6.88. The molecule has 0 unspecified atom stereocenters. The SMILES string of the molecule is O=C(Nc1c(Cl)cc([N+](=O)[O-])cc1[N+](=O)[O-])c1ccc([N+](=O)[O-])cc1. The predicted octanol–water partition coefficient (Wildman–Crippen LogP) is 3.32. The molecular formula is C13H7ClN4O7. The number of hydrogen-bond donors (Lipinski definition) is 1. The second-order valence-electron chi connectivity index (χ2n) is 4.59. The van der Waals surface area contributed by atoms with E-state index in [1.807, 2.05) is 0 Å². The second-order valence-corrected chi connectivity index (χ2v) is 5.00. The largest absolute Gasteiger partial charge is 0.315 e. The molecule has 128 valence electrons. The number of benzene rings is 2. The summed E-state index contributed by atoms with van der Waals surface area (Å²) in [6.45, 7) is 0. The zero-order chi connectivity index (χ0) is 18.7. The molecule has 11 nitrogen and oxygen atoms in total. The molecule has 1 amide bonds. The fourth-order valence-electron chi connectivity index (χ4n) is 1.87. The van der Waals surface area contributed by atoms with Gasteiger partial charge in [-0.05, 0) is 12.1 Å². The van der Waals surface area contributed by atoms with Gasteiger partial charge in [-0.2, -0.15) is 0 Å². The molecule has 0 aliphatic carbocycles. The monoisotopic (exact) mass is 366 g/mol. The van der Waals surface area contributed by atoms with Crippen molar-refractivity contribution in [1.29, 1.82) is 0 Å². The van der Waals surface area contributed by atoms with Gasteiger partial charge in [0.05, 0.1) is 25.9 Å². The molecule has 0 spiro atoms. The van der Waals surface area contributed by atoms with E-state index in [4.69, 9.17) is 11.6 Å². The highest BCUT2D eigenvalue weighted by molar-refractivity contribution is 6.34. The van der Waals surface area contributed by atoms with Crippen LogP contribution in [0.15, 0.2) is 36.4 Å². The molecule has 0 bridgehead atoms. The first kappa shape index (κ1) is 17.7. The van der Waals surface area contributed by atoms with Gasteiger partial charge < -0.3 is 5.32 Å². The molecule has 0 saturated carbocycles. The molecule has 25 heavy (non-hydrogen) atoms. The third-order valence-corrected chi connectivity index (χ3v) is 3.34. The Hall–Kier alpha value is -3.60. The fraction of sp³-hybridized carbons (Fsp3) is 0. The van der Waals surface area contributed by atoms with Crippen molar-refractivity contribution in [2.24, 2.45) is 0 Å². The normalized spacial score (nSPS) is 10.1. The summed E-state index contributed by atoms with van der Waals surface area (Å²) < 4.78 is 0. The first-order valence-electron chi connectivity index (χ1n) is 6.39. The number of carbonyl (C=O) groups excluding carboxylic acids is 1. The van der Waals surface area contributed by atoms with Gasteiger partial charge in [0.25, 0.3) is 17.3 Å². The Balaban J connectivity index is 2.38. The van der Waals surface area contributed by atoms with Crippen molar-refractivity contribution in [2.75, 3.05) is 5.32 Å².